The van der Waals surface area contributed by atoms with Crippen LogP contribution in [-0.2, 0) is 11.3 Å². The molecule has 2 N–H and O–H groups in total. The molecular formula is C28H29N7O2S. The fraction of sp³-hybridized carbons (Fsp3) is 0.214. The predicted octanol–water partition coefficient (Wildman–Crippen LogP) is 6.24. The van der Waals surface area contributed by atoms with Gasteiger partial charge < -0.3 is 15.2 Å². The summed E-state index contributed by atoms with van der Waals surface area (Å²) in [4.78, 5) is 25.3. The number of thioether (sulfide) groups is 1. The molecule has 0 saturated heterocycles. The summed E-state index contributed by atoms with van der Waals surface area (Å²) in [5, 5.41) is 23.5. The fourth-order valence-corrected chi connectivity index (χ4v) is 4.55. The van der Waals surface area contributed by atoms with E-state index in [0.29, 0.717) is 34.5 Å². The number of hydrogen-bond acceptors (Lipinski definition) is 7. The predicted molar refractivity (Wildman–Crippen MR) is 149 cm³/mol. The Morgan fingerprint density at radius 3 is 2.26 bits per heavy atom. The number of anilines is 1. The minimum Gasteiger partial charge on any atom is -0.342 e. The van der Waals surface area contributed by atoms with E-state index >= 15 is 0 Å². The summed E-state index contributed by atoms with van der Waals surface area (Å²) >= 11 is 1.29. The first-order chi connectivity index (χ1) is 18.4. The molecule has 0 aliphatic rings. The average Bonchev–Trinajstić information content (AvgIpc) is 3.35. The standard InChI is InChI=1S/C28H29N7O2S/c1-4-35-26(20(3)29-27(37)24-13-9-8-10-19(24)2)33-34-28(35)38-18-25(36)30-21-14-16-23(17-15-21)32-31-22-11-6-5-7-12-22/h5-17,20H,4,18H2,1-3H3,(H,29,37)(H,30,36)/t20-/m1/s1. The van der Waals surface area contributed by atoms with Gasteiger partial charge in [0.15, 0.2) is 11.0 Å². The molecule has 0 unspecified atom stereocenters. The molecule has 194 valence electrons. The van der Waals surface area contributed by atoms with Gasteiger partial charge in [-0.3, -0.25) is 9.59 Å². The normalized spacial score (nSPS) is 11.9. The van der Waals surface area contributed by atoms with Crippen LogP contribution in [-0.4, -0.2) is 32.3 Å². The van der Waals surface area contributed by atoms with Crippen molar-refractivity contribution in [2.45, 2.75) is 38.5 Å². The molecule has 0 radical (unpaired) electrons. The SMILES string of the molecule is CCn1c(SCC(=O)Nc2ccc(N=Nc3ccccc3)cc2)nnc1[C@@H](C)NC(=O)c1ccccc1C. The Bertz CT molecular complexity index is 1420. The number of aromatic nitrogens is 3. The Labute approximate surface area is 225 Å². The number of aryl methyl sites for hydroxylation is 1. The van der Waals surface area contributed by atoms with Crippen molar-refractivity contribution < 1.29 is 9.59 Å². The molecule has 9 nitrogen and oxygen atoms in total. The first-order valence-corrected chi connectivity index (χ1v) is 13.2. The Morgan fingerprint density at radius 1 is 0.921 bits per heavy atom. The zero-order valence-corrected chi connectivity index (χ0v) is 22.3. The molecule has 2 amide bonds. The third-order valence-corrected chi connectivity index (χ3v) is 6.67. The Balaban J connectivity index is 1.32. The van der Waals surface area contributed by atoms with E-state index in [1.54, 1.807) is 30.3 Å². The number of carbonyl (C=O) groups is 2. The molecule has 0 spiro atoms. The highest BCUT2D eigenvalue weighted by atomic mass is 32.2. The summed E-state index contributed by atoms with van der Waals surface area (Å²) in [5.74, 6) is 0.471. The lowest BCUT2D eigenvalue weighted by molar-refractivity contribution is -0.113. The van der Waals surface area contributed by atoms with E-state index in [-0.39, 0.29) is 23.6 Å². The summed E-state index contributed by atoms with van der Waals surface area (Å²) in [6.07, 6.45) is 0. The second-order valence-corrected chi connectivity index (χ2v) is 9.46. The number of nitrogens with one attached hydrogen (secondary N) is 2. The molecule has 0 fully saturated rings. The second-order valence-electron chi connectivity index (χ2n) is 8.51. The molecular weight excluding hydrogens is 498 g/mol. The van der Waals surface area contributed by atoms with Crippen LogP contribution >= 0.6 is 11.8 Å². The van der Waals surface area contributed by atoms with Gasteiger partial charge in [-0.15, -0.1) is 10.2 Å². The number of hydrogen-bond donors (Lipinski definition) is 2. The minimum absolute atomic E-state index is 0.164. The van der Waals surface area contributed by atoms with E-state index in [1.807, 2.05) is 73.9 Å². The number of amides is 2. The van der Waals surface area contributed by atoms with Crippen molar-refractivity contribution in [3.8, 4) is 0 Å². The zero-order chi connectivity index (χ0) is 26.9. The van der Waals surface area contributed by atoms with Gasteiger partial charge in [0.1, 0.15) is 0 Å². The smallest absolute Gasteiger partial charge is 0.252 e. The van der Waals surface area contributed by atoms with Crippen molar-refractivity contribution in [1.29, 1.82) is 0 Å². The van der Waals surface area contributed by atoms with Crippen LogP contribution in [0, 0.1) is 6.92 Å². The van der Waals surface area contributed by atoms with E-state index in [0.717, 1.165) is 11.3 Å². The lowest BCUT2D eigenvalue weighted by Crippen LogP contribution is -2.29. The lowest BCUT2D eigenvalue weighted by Gasteiger charge is -2.16. The lowest BCUT2D eigenvalue weighted by atomic mass is 10.1. The average molecular weight is 528 g/mol. The number of benzene rings is 3. The van der Waals surface area contributed by atoms with Crippen LogP contribution in [0.25, 0.3) is 0 Å². The van der Waals surface area contributed by atoms with Crippen molar-refractivity contribution >= 4 is 40.6 Å². The van der Waals surface area contributed by atoms with Gasteiger partial charge in [0.2, 0.25) is 5.91 Å². The van der Waals surface area contributed by atoms with E-state index < -0.39 is 0 Å². The third kappa shape index (κ3) is 6.92. The molecule has 1 aromatic heterocycles. The van der Waals surface area contributed by atoms with Crippen LogP contribution in [0.1, 0.15) is 41.6 Å². The summed E-state index contributed by atoms with van der Waals surface area (Å²) < 4.78 is 1.91. The maximum absolute atomic E-state index is 12.7. The first kappa shape index (κ1) is 26.7. The Hall–Kier alpha value is -4.31. The van der Waals surface area contributed by atoms with Crippen LogP contribution in [0.3, 0.4) is 0 Å². The van der Waals surface area contributed by atoms with E-state index in [9.17, 15) is 9.59 Å². The molecule has 0 bridgehead atoms. The van der Waals surface area contributed by atoms with Crippen LogP contribution in [0.15, 0.2) is 94.2 Å². The summed E-state index contributed by atoms with van der Waals surface area (Å²) in [6, 6.07) is 23.7. The highest BCUT2D eigenvalue weighted by Gasteiger charge is 2.20. The summed E-state index contributed by atoms with van der Waals surface area (Å²) in [7, 11) is 0. The van der Waals surface area contributed by atoms with Crippen LogP contribution in [0.2, 0.25) is 0 Å². The van der Waals surface area contributed by atoms with Gasteiger partial charge in [0.25, 0.3) is 5.91 Å². The molecule has 38 heavy (non-hydrogen) atoms. The topological polar surface area (TPSA) is 114 Å². The molecule has 3 aromatic carbocycles. The van der Waals surface area contributed by atoms with Gasteiger partial charge in [0, 0.05) is 17.8 Å². The molecule has 1 heterocycles. The molecule has 10 heteroatoms. The minimum atomic E-state index is -0.352. The van der Waals surface area contributed by atoms with Crippen molar-refractivity contribution in [2.24, 2.45) is 10.2 Å². The van der Waals surface area contributed by atoms with Crippen molar-refractivity contribution in [3.05, 3.63) is 95.8 Å². The quantitative estimate of drug-likeness (QED) is 0.187. The van der Waals surface area contributed by atoms with Crippen molar-refractivity contribution in [1.82, 2.24) is 20.1 Å². The fourth-order valence-electron chi connectivity index (χ4n) is 3.74. The van der Waals surface area contributed by atoms with Gasteiger partial charge >= 0.3 is 0 Å². The largest absolute Gasteiger partial charge is 0.342 e. The Morgan fingerprint density at radius 2 is 1.58 bits per heavy atom. The van der Waals surface area contributed by atoms with Crippen LogP contribution < -0.4 is 10.6 Å². The Kier molecular flexibility index (Phi) is 8.99. The molecule has 4 aromatic rings. The van der Waals surface area contributed by atoms with E-state index in [1.165, 1.54) is 11.8 Å². The van der Waals surface area contributed by atoms with Gasteiger partial charge in [-0.05, 0) is 68.8 Å². The highest BCUT2D eigenvalue weighted by Crippen LogP contribution is 2.23. The number of nitrogens with zero attached hydrogens (tertiary/aromatic N) is 5. The van der Waals surface area contributed by atoms with Crippen LogP contribution in [0.4, 0.5) is 17.1 Å². The van der Waals surface area contributed by atoms with Crippen molar-refractivity contribution in [2.75, 3.05) is 11.1 Å². The van der Waals surface area contributed by atoms with Crippen molar-refractivity contribution in [3.63, 3.8) is 0 Å². The van der Waals surface area contributed by atoms with Gasteiger partial charge in [-0.1, -0.05) is 48.2 Å². The number of rotatable bonds is 10. The maximum atomic E-state index is 12.7. The van der Waals surface area contributed by atoms with E-state index in [2.05, 4.69) is 31.1 Å². The van der Waals surface area contributed by atoms with E-state index in [4.69, 9.17) is 0 Å². The molecule has 0 aliphatic heterocycles. The third-order valence-electron chi connectivity index (χ3n) is 5.71. The number of azo groups is 1. The monoisotopic (exact) mass is 527 g/mol. The number of carbonyl (C=O) groups excluding carboxylic acids is 2. The molecule has 1 atom stereocenters. The summed E-state index contributed by atoms with van der Waals surface area (Å²) in [6.45, 7) is 6.36. The molecule has 0 saturated carbocycles. The zero-order valence-electron chi connectivity index (χ0n) is 21.5. The first-order valence-electron chi connectivity index (χ1n) is 12.2. The van der Waals surface area contributed by atoms with Crippen LogP contribution in [0.5, 0.6) is 0 Å². The maximum Gasteiger partial charge on any atom is 0.252 e. The summed E-state index contributed by atoms with van der Waals surface area (Å²) in [5.41, 5.74) is 3.66. The van der Waals surface area contributed by atoms with Gasteiger partial charge in [-0.25, -0.2) is 0 Å². The highest BCUT2D eigenvalue weighted by molar-refractivity contribution is 7.99. The molecule has 4 rings (SSSR count). The molecule has 0 aliphatic carbocycles. The van der Waals surface area contributed by atoms with Gasteiger partial charge in [0.05, 0.1) is 23.2 Å². The second kappa shape index (κ2) is 12.8. The van der Waals surface area contributed by atoms with Gasteiger partial charge in [-0.2, -0.15) is 10.2 Å².